The number of hydrogen-bond acceptors (Lipinski definition) is 3. The van der Waals surface area contributed by atoms with Crippen LogP contribution in [-0.2, 0) is 25.5 Å². The molecule has 0 aliphatic carbocycles. The van der Waals surface area contributed by atoms with Crippen LogP contribution in [0.4, 0.5) is 0 Å². The molecule has 0 unspecified atom stereocenters. The predicted molar refractivity (Wildman–Crippen MR) is 299 cm³/mol. The molecule has 3 aromatic heterocycles. The van der Waals surface area contributed by atoms with Gasteiger partial charge >= 0.3 is 0 Å². The van der Waals surface area contributed by atoms with Crippen LogP contribution in [0.1, 0.15) is 154 Å². The Labute approximate surface area is 435 Å². The van der Waals surface area contributed by atoms with E-state index in [1.54, 1.807) is 0 Å². The minimum atomic E-state index is -1.50. The van der Waals surface area contributed by atoms with Crippen molar-refractivity contribution < 1.29 is 25.9 Å². The van der Waals surface area contributed by atoms with Crippen molar-refractivity contribution in [3.8, 4) is 39.5 Å². The Morgan fingerprint density at radius 3 is 1.84 bits per heavy atom. The fraction of sp³-hybridized carbons (Fsp3) is 0.344. The predicted octanol–water partition coefficient (Wildman–Crippen LogP) is 18.1. The molecule has 70 heavy (non-hydrogen) atoms. The first-order valence-corrected chi connectivity index (χ1v) is 28.6. The van der Waals surface area contributed by atoms with Crippen LogP contribution in [0.3, 0.4) is 0 Å². The van der Waals surface area contributed by atoms with Crippen LogP contribution in [0.5, 0.6) is 0 Å². The summed E-state index contributed by atoms with van der Waals surface area (Å²) in [7, 11) is -1.50. The molecular weight excluding hydrogens is 1050 g/mol. The third-order valence-electron chi connectivity index (χ3n) is 13.6. The molecule has 9 rings (SSSR count). The third-order valence-corrected chi connectivity index (χ3v) is 15.6. The van der Waals surface area contributed by atoms with Gasteiger partial charge in [0.05, 0.1) is 30.5 Å². The molecule has 0 N–H and O–H groups in total. The van der Waals surface area contributed by atoms with Gasteiger partial charge in [-0.1, -0.05) is 199 Å². The topological polar surface area (TPSA) is 43.9 Å². The van der Waals surface area contributed by atoms with Crippen LogP contribution >= 0.6 is 0 Å². The van der Waals surface area contributed by atoms with Crippen LogP contribution in [-0.4, -0.2) is 22.6 Å². The number of aromatic nitrogens is 3. The number of imidazole rings is 1. The largest absolute Gasteiger partial charge is 0.501 e. The van der Waals surface area contributed by atoms with E-state index in [0.717, 1.165) is 61.2 Å². The summed E-state index contributed by atoms with van der Waals surface area (Å²) in [6.07, 6.45) is 1.98. The van der Waals surface area contributed by atoms with E-state index in [1.165, 1.54) is 49.8 Å². The number of hydrogen-bond donors (Lipinski definition) is 0. The van der Waals surface area contributed by atoms with E-state index < -0.39 is 14.0 Å². The molecule has 1 radical (unpaired) electrons. The summed E-state index contributed by atoms with van der Waals surface area (Å²) in [6.45, 7) is 36.1. The number of rotatable bonds is 10. The maximum Gasteiger partial charge on any atom is 0.120 e. The van der Waals surface area contributed by atoms with Crippen molar-refractivity contribution in [2.24, 2.45) is 0 Å². The molecule has 0 spiro atoms. The molecule has 6 heteroatoms. The number of pyridine rings is 1. The zero-order chi connectivity index (χ0) is 50.6. The molecule has 0 aliphatic rings. The minimum Gasteiger partial charge on any atom is -0.501 e. The number of fused-ring (bicyclic) bond motifs is 4. The summed E-state index contributed by atoms with van der Waals surface area (Å²) in [6, 6.07) is 47.8. The Morgan fingerprint density at radius 1 is 0.671 bits per heavy atom. The number of nitrogens with zero attached hydrogens (tertiary/aromatic N) is 3. The van der Waals surface area contributed by atoms with Crippen LogP contribution in [0.15, 0.2) is 126 Å². The zero-order valence-corrected chi connectivity index (χ0v) is 47.8. The summed E-state index contributed by atoms with van der Waals surface area (Å²) < 4.78 is 17.8. The Morgan fingerprint density at radius 2 is 1.27 bits per heavy atom. The Bertz CT molecular complexity index is 3280. The van der Waals surface area contributed by atoms with Gasteiger partial charge in [0, 0.05) is 38.7 Å². The van der Waals surface area contributed by atoms with Crippen molar-refractivity contribution in [3.63, 3.8) is 0 Å². The smallest absolute Gasteiger partial charge is 0.120 e. The van der Waals surface area contributed by atoms with Crippen molar-refractivity contribution in [2.45, 2.75) is 145 Å². The molecule has 0 fully saturated rings. The van der Waals surface area contributed by atoms with Crippen LogP contribution < -0.4 is 5.19 Å². The van der Waals surface area contributed by atoms with Crippen molar-refractivity contribution in [3.05, 3.63) is 167 Å². The summed E-state index contributed by atoms with van der Waals surface area (Å²) >= 11 is 0. The normalized spacial score (nSPS) is 12.6. The molecule has 0 saturated heterocycles. The second-order valence-corrected chi connectivity index (χ2v) is 27.5. The molecule has 0 amide bonds. The fourth-order valence-electron chi connectivity index (χ4n) is 9.83. The number of benzene rings is 6. The second kappa shape index (κ2) is 20.8. The standard InChI is InChI=1S/C47H51N2O.C17H22NSi.Ir/c1-27(2)32-18-16-19-33(28(3)4)42(32)35-23-24-36(45-43(35)34-17-12-15-22-41(34)50-45)46-48-39-20-13-14-21-40(39)49(46)44-37(29(5)6)25-31(47(9,10)11)26-38(44)30(7)8;1-13(2)15-11-16(14-9-7-6-8-10-14)18-12-17(15)19(3,4)5;/h12-23,25-30H,1-11H3;6-9,11-13H,1-5H3;/q2*-1;/i;13D;. The van der Waals surface area contributed by atoms with E-state index >= 15 is 0 Å². The first-order chi connectivity index (χ1) is 33.0. The van der Waals surface area contributed by atoms with E-state index in [-0.39, 0.29) is 25.5 Å². The van der Waals surface area contributed by atoms with Crippen LogP contribution in [0.25, 0.3) is 72.4 Å². The molecule has 4 nitrogen and oxygen atoms in total. The van der Waals surface area contributed by atoms with Gasteiger partial charge in [-0.15, -0.1) is 48.0 Å². The van der Waals surface area contributed by atoms with E-state index in [1.807, 2.05) is 44.3 Å². The molecule has 0 saturated carbocycles. The van der Waals surface area contributed by atoms with Gasteiger partial charge in [0.1, 0.15) is 5.58 Å². The van der Waals surface area contributed by atoms with Crippen molar-refractivity contribution in [1.82, 2.24) is 14.5 Å². The Hall–Kier alpha value is -5.39. The molecule has 0 bridgehead atoms. The number of para-hydroxylation sites is 3. The van der Waals surface area contributed by atoms with Gasteiger partial charge in [-0.05, 0) is 97.3 Å². The van der Waals surface area contributed by atoms with Gasteiger partial charge in [-0.25, -0.2) is 0 Å². The molecule has 0 atom stereocenters. The first-order valence-electron chi connectivity index (χ1n) is 25.6. The van der Waals surface area contributed by atoms with Crippen molar-refractivity contribution >= 4 is 46.2 Å². The second-order valence-electron chi connectivity index (χ2n) is 22.5. The Kier molecular flexibility index (Phi) is 15.1. The summed E-state index contributed by atoms with van der Waals surface area (Å²) in [4.78, 5) is 10.0. The third kappa shape index (κ3) is 10.2. The van der Waals surface area contributed by atoms with Gasteiger partial charge < -0.3 is 14.0 Å². The molecule has 365 valence electrons. The van der Waals surface area contributed by atoms with E-state index in [4.69, 9.17) is 10.8 Å². The fourth-order valence-corrected chi connectivity index (χ4v) is 11.4. The van der Waals surface area contributed by atoms with Gasteiger partial charge in [0.15, 0.2) is 0 Å². The average molecular weight is 1120 g/mol. The molecule has 6 aromatic carbocycles. The van der Waals surface area contributed by atoms with E-state index in [9.17, 15) is 0 Å². The maximum absolute atomic E-state index is 8.44. The zero-order valence-electron chi connectivity index (χ0n) is 45.4. The van der Waals surface area contributed by atoms with Crippen molar-refractivity contribution in [1.29, 1.82) is 0 Å². The number of furan rings is 1. The van der Waals surface area contributed by atoms with Crippen LogP contribution in [0.2, 0.25) is 19.6 Å². The molecular formula is C64H73IrN3OSi-2. The van der Waals surface area contributed by atoms with Crippen molar-refractivity contribution in [2.75, 3.05) is 0 Å². The SMILES string of the molecule is CC(C)c1cccc(C(C)C)c1-c1c[c-]c(-c2nc3ccccc3n2-c2c(C(C)C)cc(C(C)(C)C)cc2C(C)C)c2oc3ccccc3c12.[2H]C(C)(C)c1cc(-c2[c-]cccc2)ncc1[Si](C)(C)C.[Ir]. The summed E-state index contributed by atoms with van der Waals surface area (Å²) in [5.74, 6) is 1.58. The summed E-state index contributed by atoms with van der Waals surface area (Å²) in [5.41, 5.74) is 18.1. The first kappa shape index (κ1) is 51.0. The van der Waals surface area contributed by atoms with Gasteiger partial charge in [0.2, 0.25) is 0 Å². The quantitative estimate of drug-likeness (QED) is 0.101. The molecule has 0 aliphatic heterocycles. The maximum atomic E-state index is 8.44. The van der Waals surface area contributed by atoms with Gasteiger partial charge in [-0.2, -0.15) is 0 Å². The van der Waals surface area contributed by atoms with E-state index in [2.05, 4.69) is 208 Å². The average Bonchev–Trinajstić information content (AvgIpc) is 3.89. The minimum absolute atomic E-state index is 0. The van der Waals surface area contributed by atoms with Gasteiger partial charge in [0.25, 0.3) is 0 Å². The van der Waals surface area contributed by atoms with Gasteiger partial charge in [-0.3, -0.25) is 4.98 Å². The molecule has 9 aromatic rings. The monoisotopic (exact) mass is 1120 g/mol. The van der Waals surface area contributed by atoms with E-state index in [0.29, 0.717) is 23.7 Å². The Balaban J connectivity index is 0.000000296. The van der Waals surface area contributed by atoms with Crippen LogP contribution in [0, 0.1) is 12.1 Å². The summed E-state index contributed by atoms with van der Waals surface area (Å²) in [5, 5.41) is 3.51. The molecule has 3 heterocycles.